The van der Waals surface area contributed by atoms with Gasteiger partial charge in [0, 0.05) is 45.4 Å². The molecule has 0 bridgehead atoms. The number of benzene rings is 1. The maximum absolute atomic E-state index is 12.3. The predicted molar refractivity (Wildman–Crippen MR) is 85.5 cm³/mol. The van der Waals surface area contributed by atoms with Crippen LogP contribution in [0.3, 0.4) is 0 Å². The molecule has 2 aromatic rings. The van der Waals surface area contributed by atoms with Gasteiger partial charge >= 0.3 is 0 Å². The van der Waals surface area contributed by atoms with Gasteiger partial charge in [-0.2, -0.15) is 0 Å². The van der Waals surface area contributed by atoms with Crippen molar-refractivity contribution in [3.8, 4) is 0 Å². The van der Waals surface area contributed by atoms with Gasteiger partial charge < -0.3 is 20.1 Å². The fraction of sp³-hybridized carbons (Fsp3) is 0.429. The van der Waals surface area contributed by atoms with Gasteiger partial charge in [0.2, 0.25) is 11.9 Å². The van der Waals surface area contributed by atoms with Crippen LogP contribution in [0.1, 0.15) is 0 Å². The van der Waals surface area contributed by atoms with Gasteiger partial charge in [-0.15, -0.1) is 0 Å². The number of hydrogen-bond donors (Lipinski definition) is 2. The largest absolute Gasteiger partial charge is 0.339 e. The number of likely N-dealkylation sites (N-methyl/N-ethyl adjacent to an activating group) is 1. The molecule has 0 spiro atoms. The molecule has 9 heteroatoms. The van der Waals surface area contributed by atoms with E-state index >= 15 is 0 Å². The zero-order valence-corrected chi connectivity index (χ0v) is 12.8. The first-order valence-corrected chi connectivity index (χ1v) is 7.38. The maximum Gasteiger partial charge on any atom is 0.271 e. The molecule has 23 heavy (non-hydrogen) atoms. The van der Waals surface area contributed by atoms with E-state index in [4.69, 9.17) is 0 Å². The smallest absolute Gasteiger partial charge is 0.271 e. The number of aromatic nitrogens is 2. The van der Waals surface area contributed by atoms with Gasteiger partial charge in [0.25, 0.3) is 5.69 Å². The highest BCUT2D eigenvalue weighted by Crippen LogP contribution is 2.21. The number of imidazole rings is 1. The molecule has 3 rings (SSSR count). The summed E-state index contributed by atoms with van der Waals surface area (Å²) in [5.41, 5.74) is 1.22. The van der Waals surface area contributed by atoms with Crippen LogP contribution in [0.2, 0.25) is 0 Å². The lowest BCUT2D eigenvalue weighted by Crippen LogP contribution is -2.49. The van der Waals surface area contributed by atoms with Gasteiger partial charge in [0.15, 0.2) is 0 Å². The molecular weight excluding hydrogens is 300 g/mol. The van der Waals surface area contributed by atoms with Gasteiger partial charge in [-0.1, -0.05) is 0 Å². The second kappa shape index (κ2) is 6.21. The normalized spacial score (nSPS) is 14.9. The zero-order valence-electron chi connectivity index (χ0n) is 12.8. The third-order valence-electron chi connectivity index (χ3n) is 3.87. The summed E-state index contributed by atoms with van der Waals surface area (Å²) in [7, 11) is 1.77. The van der Waals surface area contributed by atoms with Crippen LogP contribution in [-0.4, -0.2) is 65.5 Å². The Labute approximate surface area is 132 Å². The summed E-state index contributed by atoms with van der Waals surface area (Å²) in [6.45, 7) is 3.24. The predicted octanol–water partition coefficient (Wildman–Crippen LogP) is 0.339. The van der Waals surface area contributed by atoms with E-state index in [1.807, 2.05) is 4.90 Å². The molecule has 1 fully saturated rings. The Bertz CT molecular complexity index is 737. The van der Waals surface area contributed by atoms with Crippen molar-refractivity contribution in [2.45, 2.75) is 0 Å². The van der Waals surface area contributed by atoms with Crippen LogP contribution < -0.4 is 10.2 Å². The summed E-state index contributed by atoms with van der Waals surface area (Å²) in [5.74, 6) is 0.560. The standard InChI is InChI=1S/C14H18N6O3/c1-18(9-13(21)19-6-4-15-5-7-19)14-16-11-3-2-10(20(22)23)8-12(11)17-14/h2-3,8,15H,4-7,9H2,1H3,(H,16,17). The second-order valence-corrected chi connectivity index (χ2v) is 5.51. The number of H-pyrrole nitrogens is 1. The van der Waals surface area contributed by atoms with Crippen molar-refractivity contribution in [3.63, 3.8) is 0 Å². The van der Waals surface area contributed by atoms with E-state index in [-0.39, 0.29) is 18.1 Å². The Morgan fingerprint density at radius 3 is 2.87 bits per heavy atom. The Kier molecular flexibility index (Phi) is 4.11. The second-order valence-electron chi connectivity index (χ2n) is 5.51. The summed E-state index contributed by atoms with van der Waals surface area (Å²) < 4.78 is 0. The molecule has 0 aliphatic carbocycles. The summed E-state index contributed by atoms with van der Waals surface area (Å²) in [4.78, 5) is 33.6. The summed E-state index contributed by atoms with van der Waals surface area (Å²) >= 11 is 0. The summed E-state index contributed by atoms with van der Waals surface area (Å²) in [6.07, 6.45) is 0. The van der Waals surface area contributed by atoms with Gasteiger partial charge in [-0.3, -0.25) is 14.9 Å². The molecule has 0 radical (unpaired) electrons. The van der Waals surface area contributed by atoms with Gasteiger partial charge in [-0.25, -0.2) is 4.98 Å². The van der Waals surface area contributed by atoms with E-state index < -0.39 is 4.92 Å². The lowest BCUT2D eigenvalue weighted by molar-refractivity contribution is -0.384. The lowest BCUT2D eigenvalue weighted by Gasteiger charge is -2.29. The van der Waals surface area contributed by atoms with Crippen LogP contribution in [-0.2, 0) is 4.79 Å². The van der Waals surface area contributed by atoms with Crippen molar-refractivity contribution >= 4 is 28.6 Å². The van der Waals surface area contributed by atoms with Crippen molar-refractivity contribution < 1.29 is 9.72 Å². The molecule has 2 heterocycles. The first-order chi connectivity index (χ1) is 11.0. The fourth-order valence-electron chi connectivity index (χ4n) is 2.57. The van der Waals surface area contributed by atoms with Crippen LogP contribution in [0.5, 0.6) is 0 Å². The number of hydrogen-bond acceptors (Lipinski definition) is 6. The first kappa shape index (κ1) is 15.2. The number of rotatable bonds is 4. The molecule has 1 aromatic heterocycles. The van der Waals surface area contributed by atoms with Gasteiger partial charge in [0.05, 0.1) is 22.5 Å². The van der Waals surface area contributed by atoms with Crippen molar-refractivity contribution in [2.75, 3.05) is 44.7 Å². The minimum absolute atomic E-state index is 0.00671. The highest BCUT2D eigenvalue weighted by atomic mass is 16.6. The Hall–Kier alpha value is -2.68. The number of amides is 1. The molecule has 0 atom stereocenters. The molecule has 1 amide bonds. The van der Waals surface area contributed by atoms with Crippen molar-refractivity contribution in [1.82, 2.24) is 20.2 Å². The molecule has 1 aliphatic rings. The van der Waals surface area contributed by atoms with Crippen LogP contribution in [0, 0.1) is 10.1 Å². The molecule has 1 aliphatic heterocycles. The molecule has 122 valence electrons. The number of non-ortho nitro benzene ring substituents is 1. The first-order valence-electron chi connectivity index (χ1n) is 7.38. The van der Waals surface area contributed by atoms with Crippen molar-refractivity contribution in [2.24, 2.45) is 0 Å². The van der Waals surface area contributed by atoms with Crippen LogP contribution in [0.15, 0.2) is 18.2 Å². The van der Waals surface area contributed by atoms with Crippen LogP contribution in [0.25, 0.3) is 11.0 Å². The third-order valence-corrected chi connectivity index (χ3v) is 3.87. The number of carbonyl (C=O) groups excluding carboxylic acids is 1. The lowest BCUT2D eigenvalue weighted by atomic mass is 10.3. The molecule has 1 aromatic carbocycles. The number of nitro groups is 1. The SMILES string of the molecule is CN(CC(=O)N1CCNCC1)c1nc2ccc([N+](=O)[O-])cc2[nH]1. The van der Waals surface area contributed by atoms with Crippen LogP contribution >= 0.6 is 0 Å². The molecule has 0 unspecified atom stereocenters. The topological polar surface area (TPSA) is 107 Å². The molecule has 9 nitrogen and oxygen atoms in total. The summed E-state index contributed by atoms with van der Waals surface area (Å²) in [5, 5.41) is 14.0. The van der Waals surface area contributed by atoms with Crippen LogP contribution in [0.4, 0.5) is 11.6 Å². The Morgan fingerprint density at radius 2 is 2.17 bits per heavy atom. The molecule has 0 saturated carbocycles. The number of carbonyl (C=O) groups is 1. The highest BCUT2D eigenvalue weighted by molar-refractivity contribution is 5.83. The third kappa shape index (κ3) is 3.24. The molecular formula is C14H18N6O3. The Morgan fingerprint density at radius 1 is 1.43 bits per heavy atom. The molecule has 1 saturated heterocycles. The average molecular weight is 318 g/mol. The highest BCUT2D eigenvalue weighted by Gasteiger charge is 2.19. The number of piperazine rings is 1. The minimum atomic E-state index is -0.447. The van der Waals surface area contributed by atoms with Gasteiger partial charge in [-0.05, 0) is 6.07 Å². The number of nitrogens with zero attached hydrogens (tertiary/aromatic N) is 4. The average Bonchev–Trinajstić information content (AvgIpc) is 2.98. The van der Waals surface area contributed by atoms with Crippen molar-refractivity contribution in [1.29, 1.82) is 0 Å². The van der Waals surface area contributed by atoms with E-state index in [0.717, 1.165) is 13.1 Å². The maximum atomic E-state index is 12.3. The van der Waals surface area contributed by atoms with E-state index in [9.17, 15) is 14.9 Å². The fourth-order valence-corrected chi connectivity index (χ4v) is 2.57. The van der Waals surface area contributed by atoms with E-state index in [0.29, 0.717) is 30.1 Å². The quantitative estimate of drug-likeness (QED) is 0.622. The van der Waals surface area contributed by atoms with E-state index in [1.54, 1.807) is 18.0 Å². The summed E-state index contributed by atoms with van der Waals surface area (Å²) in [6, 6.07) is 4.45. The Balaban J connectivity index is 1.73. The number of nitro benzene ring substituents is 1. The van der Waals surface area contributed by atoms with Gasteiger partial charge in [0.1, 0.15) is 0 Å². The number of nitrogens with one attached hydrogen (secondary N) is 2. The zero-order chi connectivity index (χ0) is 16.4. The van der Waals surface area contributed by atoms with E-state index in [1.165, 1.54) is 12.1 Å². The monoisotopic (exact) mass is 318 g/mol. The number of aromatic amines is 1. The molecule has 2 N–H and O–H groups in total. The van der Waals surface area contributed by atoms with E-state index in [2.05, 4.69) is 15.3 Å². The van der Waals surface area contributed by atoms with Crippen molar-refractivity contribution in [3.05, 3.63) is 28.3 Å². The number of fused-ring (bicyclic) bond motifs is 1. The minimum Gasteiger partial charge on any atom is -0.339 e. The number of anilines is 1.